The average Bonchev–Trinajstić information content (AvgIpc) is 2.39. The number of anilines is 1. The maximum Gasteiger partial charge on any atom is 0.0653 e. The zero-order chi connectivity index (χ0) is 15.0. The standard InChI is InChI=1S/C16H13BrCl3N/c17-11-3-1-2-9(4-11)10-5-12(6-10)21-16-8-14(19)13(18)7-15(16)20/h1-4,7-8,10,12,21H,5-6H2. The maximum absolute atomic E-state index is 6.19. The number of hydrogen-bond acceptors (Lipinski definition) is 1. The molecule has 3 rings (SSSR count). The Bertz CT molecular complexity index is 669. The first kappa shape index (κ1) is 15.5. The lowest BCUT2D eigenvalue weighted by molar-refractivity contribution is 0.374. The van der Waals surface area contributed by atoms with E-state index in [0.29, 0.717) is 27.0 Å². The normalized spacial score (nSPS) is 21.0. The minimum Gasteiger partial charge on any atom is -0.381 e. The van der Waals surface area contributed by atoms with Gasteiger partial charge in [0, 0.05) is 10.5 Å². The zero-order valence-electron chi connectivity index (χ0n) is 11.0. The van der Waals surface area contributed by atoms with Crippen LogP contribution in [0.25, 0.3) is 0 Å². The summed E-state index contributed by atoms with van der Waals surface area (Å²) < 4.78 is 1.13. The highest BCUT2D eigenvalue weighted by Gasteiger charge is 2.30. The first-order chi connectivity index (χ1) is 10.0. The molecular formula is C16H13BrCl3N. The molecule has 1 saturated carbocycles. The molecule has 1 aliphatic carbocycles. The number of rotatable bonds is 3. The van der Waals surface area contributed by atoms with Gasteiger partial charge in [0.1, 0.15) is 0 Å². The summed E-state index contributed by atoms with van der Waals surface area (Å²) >= 11 is 21.7. The SMILES string of the molecule is Clc1cc(Cl)c(NC2CC(c3cccc(Br)c3)C2)cc1Cl. The topological polar surface area (TPSA) is 12.0 Å². The smallest absolute Gasteiger partial charge is 0.0653 e. The average molecular weight is 406 g/mol. The molecule has 2 aromatic carbocycles. The van der Waals surface area contributed by atoms with Crippen LogP contribution in [0.5, 0.6) is 0 Å². The molecule has 0 spiro atoms. The summed E-state index contributed by atoms with van der Waals surface area (Å²) in [7, 11) is 0. The van der Waals surface area contributed by atoms with E-state index in [9.17, 15) is 0 Å². The second-order valence-electron chi connectivity index (χ2n) is 5.31. The number of nitrogens with one attached hydrogen (secondary N) is 1. The first-order valence-corrected chi connectivity index (χ1v) is 8.62. The lowest BCUT2D eigenvalue weighted by Gasteiger charge is -2.37. The molecular weight excluding hydrogens is 392 g/mol. The largest absolute Gasteiger partial charge is 0.381 e. The fraction of sp³-hybridized carbons (Fsp3) is 0.250. The molecule has 5 heteroatoms. The number of halogens is 4. The highest BCUT2D eigenvalue weighted by molar-refractivity contribution is 9.10. The predicted octanol–water partition coefficient (Wildman–Crippen LogP) is 6.77. The molecule has 1 aliphatic rings. The van der Waals surface area contributed by atoms with Gasteiger partial charge < -0.3 is 5.32 Å². The highest BCUT2D eigenvalue weighted by Crippen LogP contribution is 2.41. The molecule has 1 fully saturated rings. The van der Waals surface area contributed by atoms with E-state index >= 15 is 0 Å². The van der Waals surface area contributed by atoms with Crippen molar-refractivity contribution in [3.63, 3.8) is 0 Å². The van der Waals surface area contributed by atoms with Crippen molar-refractivity contribution < 1.29 is 0 Å². The minimum absolute atomic E-state index is 0.420. The number of hydrogen-bond donors (Lipinski definition) is 1. The molecule has 0 unspecified atom stereocenters. The number of benzene rings is 2. The summed E-state index contributed by atoms with van der Waals surface area (Å²) in [5, 5.41) is 5.05. The maximum atomic E-state index is 6.19. The second kappa shape index (κ2) is 6.37. The van der Waals surface area contributed by atoms with Gasteiger partial charge in [0.15, 0.2) is 0 Å². The van der Waals surface area contributed by atoms with Crippen molar-refractivity contribution in [1.29, 1.82) is 0 Å². The van der Waals surface area contributed by atoms with Crippen molar-refractivity contribution in [2.45, 2.75) is 24.8 Å². The van der Waals surface area contributed by atoms with Crippen LogP contribution in [0.1, 0.15) is 24.3 Å². The van der Waals surface area contributed by atoms with Crippen LogP contribution in [0, 0.1) is 0 Å². The fourth-order valence-electron chi connectivity index (χ4n) is 2.62. The lowest BCUT2D eigenvalue weighted by atomic mass is 9.76. The van der Waals surface area contributed by atoms with Gasteiger partial charge in [0.2, 0.25) is 0 Å². The Hall–Kier alpha value is -0.410. The minimum atomic E-state index is 0.420. The molecule has 0 bridgehead atoms. The summed E-state index contributed by atoms with van der Waals surface area (Å²) in [6, 6.07) is 12.4. The van der Waals surface area contributed by atoms with Gasteiger partial charge in [-0.15, -0.1) is 0 Å². The van der Waals surface area contributed by atoms with Crippen LogP contribution >= 0.6 is 50.7 Å². The van der Waals surface area contributed by atoms with E-state index in [1.807, 2.05) is 6.07 Å². The van der Waals surface area contributed by atoms with Gasteiger partial charge in [-0.05, 0) is 48.6 Å². The summed E-state index contributed by atoms with van der Waals surface area (Å²) in [6.07, 6.45) is 2.18. The lowest BCUT2D eigenvalue weighted by Crippen LogP contribution is -2.34. The van der Waals surface area contributed by atoms with Crippen molar-refractivity contribution in [3.8, 4) is 0 Å². The molecule has 0 aromatic heterocycles. The molecule has 1 nitrogen and oxygen atoms in total. The summed E-state index contributed by atoms with van der Waals surface area (Å²) in [5.74, 6) is 0.599. The van der Waals surface area contributed by atoms with E-state index in [2.05, 4.69) is 39.4 Å². The molecule has 2 aromatic rings. The van der Waals surface area contributed by atoms with Crippen molar-refractivity contribution in [3.05, 3.63) is 61.5 Å². The van der Waals surface area contributed by atoms with Crippen molar-refractivity contribution in [2.75, 3.05) is 5.32 Å². The molecule has 0 heterocycles. The molecule has 0 radical (unpaired) electrons. The molecule has 0 saturated heterocycles. The first-order valence-electron chi connectivity index (χ1n) is 6.69. The van der Waals surface area contributed by atoms with Gasteiger partial charge in [-0.25, -0.2) is 0 Å². The Morgan fingerprint density at radius 3 is 2.38 bits per heavy atom. The Kier molecular flexibility index (Phi) is 4.70. The van der Waals surface area contributed by atoms with E-state index in [4.69, 9.17) is 34.8 Å². The van der Waals surface area contributed by atoms with Gasteiger partial charge in [-0.3, -0.25) is 0 Å². The highest BCUT2D eigenvalue weighted by atomic mass is 79.9. The Morgan fingerprint density at radius 1 is 0.952 bits per heavy atom. The third-order valence-corrected chi connectivity index (χ3v) is 5.36. The zero-order valence-corrected chi connectivity index (χ0v) is 14.9. The second-order valence-corrected chi connectivity index (χ2v) is 7.45. The van der Waals surface area contributed by atoms with Crippen LogP contribution < -0.4 is 5.32 Å². The Balaban J connectivity index is 1.64. The van der Waals surface area contributed by atoms with Crippen LogP contribution in [0.2, 0.25) is 15.1 Å². The van der Waals surface area contributed by atoms with Crippen molar-refractivity contribution in [1.82, 2.24) is 0 Å². The fourth-order valence-corrected chi connectivity index (χ4v) is 3.64. The van der Waals surface area contributed by atoms with Crippen LogP contribution in [0.3, 0.4) is 0 Å². The van der Waals surface area contributed by atoms with E-state index in [-0.39, 0.29) is 0 Å². The third-order valence-electron chi connectivity index (χ3n) is 3.83. The van der Waals surface area contributed by atoms with Crippen LogP contribution in [-0.2, 0) is 0 Å². The monoisotopic (exact) mass is 403 g/mol. The molecule has 1 N–H and O–H groups in total. The van der Waals surface area contributed by atoms with Crippen LogP contribution in [0.4, 0.5) is 5.69 Å². The van der Waals surface area contributed by atoms with Gasteiger partial charge in [0.05, 0.1) is 20.8 Å². The Labute approximate surface area is 147 Å². The van der Waals surface area contributed by atoms with Gasteiger partial charge in [-0.1, -0.05) is 62.9 Å². The van der Waals surface area contributed by atoms with Crippen LogP contribution in [-0.4, -0.2) is 6.04 Å². The van der Waals surface area contributed by atoms with Gasteiger partial charge in [-0.2, -0.15) is 0 Å². The molecule has 0 atom stereocenters. The van der Waals surface area contributed by atoms with E-state index in [1.54, 1.807) is 12.1 Å². The van der Waals surface area contributed by atoms with Crippen molar-refractivity contribution in [2.24, 2.45) is 0 Å². The summed E-state index contributed by atoms with van der Waals surface area (Å²) in [5.41, 5.74) is 2.23. The summed E-state index contributed by atoms with van der Waals surface area (Å²) in [4.78, 5) is 0. The van der Waals surface area contributed by atoms with Gasteiger partial charge in [0.25, 0.3) is 0 Å². The van der Waals surface area contributed by atoms with E-state index < -0.39 is 0 Å². The molecule has 0 amide bonds. The van der Waals surface area contributed by atoms with Gasteiger partial charge >= 0.3 is 0 Å². The van der Waals surface area contributed by atoms with E-state index in [1.165, 1.54) is 5.56 Å². The Morgan fingerprint density at radius 2 is 1.67 bits per heavy atom. The van der Waals surface area contributed by atoms with Crippen molar-refractivity contribution >= 4 is 56.4 Å². The van der Waals surface area contributed by atoms with E-state index in [0.717, 1.165) is 23.0 Å². The third kappa shape index (κ3) is 3.50. The molecule has 110 valence electrons. The predicted molar refractivity (Wildman–Crippen MR) is 95.0 cm³/mol. The molecule has 0 aliphatic heterocycles. The quantitative estimate of drug-likeness (QED) is 0.556. The van der Waals surface area contributed by atoms with Crippen LogP contribution in [0.15, 0.2) is 40.9 Å². The molecule has 21 heavy (non-hydrogen) atoms. The summed E-state index contributed by atoms with van der Waals surface area (Å²) in [6.45, 7) is 0.